The lowest BCUT2D eigenvalue weighted by Gasteiger charge is -2.08. The van der Waals surface area contributed by atoms with E-state index in [2.05, 4.69) is 32.7 Å². The van der Waals surface area contributed by atoms with Gasteiger partial charge in [0.25, 0.3) is 0 Å². The van der Waals surface area contributed by atoms with E-state index in [4.69, 9.17) is 4.74 Å². The van der Waals surface area contributed by atoms with Crippen molar-refractivity contribution in [2.75, 3.05) is 19.8 Å². The molecule has 0 aromatic carbocycles. The van der Waals surface area contributed by atoms with Crippen molar-refractivity contribution >= 4 is 5.78 Å². The number of nitrogens with one attached hydrogen (secondary N) is 1. The van der Waals surface area contributed by atoms with Gasteiger partial charge in [0, 0.05) is 31.1 Å². The standard InChI is InChI=1S/C15H22N4O/c1-11-7-12(2)19-14(9-17-15(19)18-11)8-16-5-6-20-10-13-3-4-13/h7,9,13,16H,3-6,8,10H2,1-2H3. The van der Waals surface area contributed by atoms with Gasteiger partial charge in [-0.2, -0.15) is 0 Å². The zero-order chi connectivity index (χ0) is 13.9. The molecule has 0 amide bonds. The summed E-state index contributed by atoms with van der Waals surface area (Å²) in [6.07, 6.45) is 4.59. The molecule has 0 unspecified atom stereocenters. The first kappa shape index (κ1) is 13.5. The van der Waals surface area contributed by atoms with Crippen molar-refractivity contribution in [1.29, 1.82) is 0 Å². The minimum absolute atomic E-state index is 0.781. The number of aromatic nitrogens is 3. The van der Waals surface area contributed by atoms with E-state index >= 15 is 0 Å². The predicted octanol–water partition coefficient (Wildman–Crippen LogP) is 1.86. The molecular weight excluding hydrogens is 252 g/mol. The fraction of sp³-hybridized carbons (Fsp3) is 0.600. The highest BCUT2D eigenvalue weighted by Crippen LogP contribution is 2.28. The Morgan fingerprint density at radius 3 is 3.05 bits per heavy atom. The van der Waals surface area contributed by atoms with Crippen molar-refractivity contribution in [3.8, 4) is 0 Å². The maximum Gasteiger partial charge on any atom is 0.234 e. The first-order chi connectivity index (χ1) is 9.74. The lowest BCUT2D eigenvalue weighted by molar-refractivity contribution is 0.126. The lowest BCUT2D eigenvalue weighted by Crippen LogP contribution is -2.20. The molecule has 0 bridgehead atoms. The molecule has 5 heteroatoms. The summed E-state index contributed by atoms with van der Waals surface area (Å²) in [7, 11) is 0. The number of fused-ring (bicyclic) bond motifs is 1. The highest BCUT2D eigenvalue weighted by molar-refractivity contribution is 5.35. The maximum absolute atomic E-state index is 5.61. The number of hydrogen-bond acceptors (Lipinski definition) is 4. The summed E-state index contributed by atoms with van der Waals surface area (Å²) in [5.41, 5.74) is 3.33. The molecule has 2 heterocycles. The number of ether oxygens (including phenoxy) is 1. The normalized spacial score (nSPS) is 15.1. The number of imidazole rings is 1. The molecule has 5 nitrogen and oxygen atoms in total. The van der Waals surface area contributed by atoms with Crippen molar-refractivity contribution in [2.24, 2.45) is 5.92 Å². The van der Waals surface area contributed by atoms with Gasteiger partial charge in [0.2, 0.25) is 5.78 Å². The van der Waals surface area contributed by atoms with E-state index in [0.717, 1.165) is 49.4 Å². The van der Waals surface area contributed by atoms with Crippen LogP contribution >= 0.6 is 0 Å². The first-order valence-corrected chi connectivity index (χ1v) is 7.33. The first-order valence-electron chi connectivity index (χ1n) is 7.33. The van der Waals surface area contributed by atoms with Crippen LogP contribution in [0, 0.1) is 19.8 Å². The van der Waals surface area contributed by atoms with E-state index in [1.165, 1.54) is 18.5 Å². The van der Waals surface area contributed by atoms with E-state index in [1.807, 2.05) is 13.1 Å². The van der Waals surface area contributed by atoms with E-state index in [1.54, 1.807) is 0 Å². The molecule has 1 aliphatic carbocycles. The van der Waals surface area contributed by atoms with E-state index in [-0.39, 0.29) is 0 Å². The van der Waals surface area contributed by atoms with Crippen LogP contribution in [-0.2, 0) is 11.3 Å². The van der Waals surface area contributed by atoms with E-state index in [9.17, 15) is 0 Å². The Hall–Kier alpha value is -1.46. The van der Waals surface area contributed by atoms with Gasteiger partial charge < -0.3 is 10.1 Å². The largest absolute Gasteiger partial charge is 0.380 e. The van der Waals surface area contributed by atoms with Gasteiger partial charge >= 0.3 is 0 Å². The van der Waals surface area contributed by atoms with Gasteiger partial charge in [-0.1, -0.05) is 0 Å². The highest BCUT2D eigenvalue weighted by atomic mass is 16.5. The quantitative estimate of drug-likeness (QED) is 0.783. The molecule has 3 rings (SSSR count). The molecule has 1 saturated carbocycles. The molecule has 0 spiro atoms. The second-order valence-corrected chi connectivity index (χ2v) is 5.62. The van der Waals surface area contributed by atoms with Crippen LogP contribution in [-0.4, -0.2) is 34.1 Å². The molecule has 2 aromatic rings. The second-order valence-electron chi connectivity index (χ2n) is 5.62. The Morgan fingerprint density at radius 1 is 1.40 bits per heavy atom. The van der Waals surface area contributed by atoms with Crippen LogP contribution in [0.5, 0.6) is 0 Å². The maximum atomic E-state index is 5.61. The van der Waals surface area contributed by atoms with Gasteiger partial charge in [0.15, 0.2) is 0 Å². The van der Waals surface area contributed by atoms with Crippen LogP contribution < -0.4 is 5.32 Å². The average molecular weight is 274 g/mol. The zero-order valence-corrected chi connectivity index (χ0v) is 12.2. The molecule has 108 valence electrons. The monoisotopic (exact) mass is 274 g/mol. The van der Waals surface area contributed by atoms with Gasteiger partial charge in [0.05, 0.1) is 18.5 Å². The van der Waals surface area contributed by atoms with E-state index in [0.29, 0.717) is 0 Å². The SMILES string of the molecule is Cc1cc(C)n2c(CNCCOCC3CC3)cnc2n1. The van der Waals surface area contributed by atoms with E-state index < -0.39 is 0 Å². The van der Waals surface area contributed by atoms with Gasteiger partial charge in [-0.3, -0.25) is 4.40 Å². The summed E-state index contributed by atoms with van der Waals surface area (Å²) in [5.74, 6) is 1.62. The number of aryl methyl sites for hydroxylation is 2. The molecule has 0 radical (unpaired) electrons. The molecular formula is C15H22N4O. The van der Waals surface area contributed by atoms with Gasteiger partial charge in [-0.25, -0.2) is 9.97 Å². The fourth-order valence-corrected chi connectivity index (χ4v) is 2.42. The molecule has 1 N–H and O–H groups in total. The fourth-order valence-electron chi connectivity index (χ4n) is 2.42. The number of rotatable bonds is 7. The average Bonchev–Trinajstić information content (AvgIpc) is 3.14. The molecule has 0 saturated heterocycles. The molecule has 0 atom stereocenters. The van der Waals surface area contributed by atoms with Crippen molar-refractivity contribution in [3.63, 3.8) is 0 Å². The third kappa shape index (κ3) is 3.16. The van der Waals surface area contributed by atoms with Crippen LogP contribution in [0.4, 0.5) is 0 Å². The van der Waals surface area contributed by atoms with Crippen molar-refractivity contribution in [3.05, 3.63) is 29.3 Å². The third-order valence-corrected chi connectivity index (χ3v) is 3.64. The molecule has 1 fully saturated rings. The Bertz CT molecular complexity index is 589. The van der Waals surface area contributed by atoms with Crippen LogP contribution in [0.3, 0.4) is 0 Å². The van der Waals surface area contributed by atoms with Gasteiger partial charge in [0.1, 0.15) is 0 Å². The zero-order valence-electron chi connectivity index (χ0n) is 12.2. The highest BCUT2D eigenvalue weighted by Gasteiger charge is 2.20. The van der Waals surface area contributed by atoms with Crippen LogP contribution in [0.2, 0.25) is 0 Å². The Balaban J connectivity index is 1.52. The summed E-state index contributed by atoms with van der Waals surface area (Å²) in [6.45, 7) is 7.46. The van der Waals surface area contributed by atoms with Crippen molar-refractivity contribution in [2.45, 2.75) is 33.2 Å². The second kappa shape index (κ2) is 5.89. The Morgan fingerprint density at radius 2 is 2.25 bits per heavy atom. The number of hydrogen-bond donors (Lipinski definition) is 1. The summed E-state index contributed by atoms with van der Waals surface area (Å²) < 4.78 is 7.71. The van der Waals surface area contributed by atoms with Crippen LogP contribution in [0.25, 0.3) is 5.78 Å². The molecule has 1 aliphatic rings. The molecule has 20 heavy (non-hydrogen) atoms. The summed E-state index contributed by atoms with van der Waals surface area (Å²) >= 11 is 0. The minimum atomic E-state index is 0.781. The summed E-state index contributed by atoms with van der Waals surface area (Å²) in [4.78, 5) is 8.81. The van der Waals surface area contributed by atoms with Crippen molar-refractivity contribution in [1.82, 2.24) is 19.7 Å². The third-order valence-electron chi connectivity index (χ3n) is 3.64. The lowest BCUT2D eigenvalue weighted by atomic mass is 10.3. The molecule has 0 aliphatic heterocycles. The number of nitrogens with zero attached hydrogens (tertiary/aromatic N) is 3. The summed E-state index contributed by atoms with van der Waals surface area (Å²) in [6, 6.07) is 2.08. The topological polar surface area (TPSA) is 51.5 Å². The van der Waals surface area contributed by atoms with Crippen LogP contribution in [0.15, 0.2) is 12.3 Å². The summed E-state index contributed by atoms with van der Waals surface area (Å²) in [5, 5.41) is 3.40. The van der Waals surface area contributed by atoms with Crippen LogP contribution in [0.1, 0.15) is 29.9 Å². The predicted molar refractivity (Wildman–Crippen MR) is 77.7 cm³/mol. The molecule has 2 aromatic heterocycles. The minimum Gasteiger partial charge on any atom is -0.380 e. The Labute approximate surface area is 119 Å². The van der Waals surface area contributed by atoms with Gasteiger partial charge in [-0.05, 0) is 38.7 Å². The van der Waals surface area contributed by atoms with Gasteiger partial charge in [-0.15, -0.1) is 0 Å². The Kier molecular flexibility index (Phi) is 3.98. The smallest absolute Gasteiger partial charge is 0.234 e. The van der Waals surface area contributed by atoms with Crippen molar-refractivity contribution < 1.29 is 4.74 Å².